The topological polar surface area (TPSA) is 41.1 Å². The summed E-state index contributed by atoms with van der Waals surface area (Å²) in [4.78, 5) is 11.6. The molecule has 16 heavy (non-hydrogen) atoms. The molecule has 1 aliphatic rings. The molecule has 0 atom stereocenters. The van der Waals surface area contributed by atoms with E-state index in [2.05, 4.69) is 17.2 Å². The zero-order valence-electron chi connectivity index (χ0n) is 9.20. The largest absolute Gasteiger partial charge is 0.382 e. The third-order valence-electron chi connectivity index (χ3n) is 2.50. The van der Waals surface area contributed by atoms with E-state index in [1.807, 2.05) is 24.3 Å². The Labute approximate surface area is 95.6 Å². The van der Waals surface area contributed by atoms with Crippen LogP contribution < -0.4 is 10.6 Å². The molecule has 1 aliphatic carbocycles. The van der Waals surface area contributed by atoms with Gasteiger partial charge in [-0.25, -0.2) is 0 Å². The number of rotatable bonds is 5. The lowest BCUT2D eigenvalue weighted by molar-refractivity contribution is 0.0958. The van der Waals surface area contributed by atoms with Crippen LogP contribution in [-0.4, -0.2) is 18.5 Å². The van der Waals surface area contributed by atoms with Crippen molar-refractivity contribution in [1.29, 1.82) is 0 Å². The SMILES string of the molecule is C=CCNC(=O)c1ccc(NC2CC2)cc1. The zero-order valence-corrected chi connectivity index (χ0v) is 9.20. The molecule has 0 spiro atoms. The number of hydrogen-bond donors (Lipinski definition) is 2. The molecule has 2 N–H and O–H groups in total. The molecule has 0 unspecified atom stereocenters. The van der Waals surface area contributed by atoms with Crippen LogP contribution in [0.4, 0.5) is 5.69 Å². The smallest absolute Gasteiger partial charge is 0.251 e. The van der Waals surface area contributed by atoms with Gasteiger partial charge in [0.1, 0.15) is 0 Å². The van der Waals surface area contributed by atoms with Gasteiger partial charge in [0, 0.05) is 23.8 Å². The quantitative estimate of drug-likeness (QED) is 0.741. The monoisotopic (exact) mass is 216 g/mol. The van der Waals surface area contributed by atoms with Crippen molar-refractivity contribution >= 4 is 11.6 Å². The van der Waals surface area contributed by atoms with Crippen molar-refractivity contribution in [3.8, 4) is 0 Å². The Hall–Kier alpha value is -1.77. The maximum Gasteiger partial charge on any atom is 0.251 e. The van der Waals surface area contributed by atoms with Gasteiger partial charge < -0.3 is 10.6 Å². The molecule has 1 aromatic rings. The molecule has 1 aromatic carbocycles. The summed E-state index contributed by atoms with van der Waals surface area (Å²) >= 11 is 0. The highest BCUT2D eigenvalue weighted by Crippen LogP contribution is 2.24. The van der Waals surface area contributed by atoms with Crippen molar-refractivity contribution < 1.29 is 4.79 Å². The van der Waals surface area contributed by atoms with Gasteiger partial charge in [-0.1, -0.05) is 6.08 Å². The number of anilines is 1. The Bertz CT molecular complexity index is 379. The van der Waals surface area contributed by atoms with Crippen LogP contribution in [0.3, 0.4) is 0 Å². The fourth-order valence-corrected chi connectivity index (χ4v) is 1.45. The summed E-state index contributed by atoms with van der Waals surface area (Å²) in [5.74, 6) is -0.0575. The number of nitrogens with one attached hydrogen (secondary N) is 2. The predicted octanol–water partition coefficient (Wildman–Crippen LogP) is 2.18. The second kappa shape index (κ2) is 4.84. The highest BCUT2D eigenvalue weighted by atomic mass is 16.1. The molecule has 1 amide bonds. The van der Waals surface area contributed by atoms with E-state index in [1.54, 1.807) is 6.08 Å². The number of benzene rings is 1. The fraction of sp³-hybridized carbons (Fsp3) is 0.308. The minimum atomic E-state index is -0.0575. The molecular weight excluding hydrogens is 200 g/mol. The third kappa shape index (κ3) is 2.86. The summed E-state index contributed by atoms with van der Waals surface area (Å²) in [6.45, 7) is 4.06. The fourth-order valence-electron chi connectivity index (χ4n) is 1.45. The van der Waals surface area contributed by atoms with Crippen LogP contribution in [-0.2, 0) is 0 Å². The Balaban J connectivity index is 1.94. The zero-order chi connectivity index (χ0) is 11.4. The van der Waals surface area contributed by atoms with E-state index < -0.39 is 0 Å². The van der Waals surface area contributed by atoms with E-state index >= 15 is 0 Å². The van der Waals surface area contributed by atoms with Gasteiger partial charge in [0.2, 0.25) is 0 Å². The van der Waals surface area contributed by atoms with Crippen molar-refractivity contribution in [3.05, 3.63) is 42.5 Å². The van der Waals surface area contributed by atoms with Crippen LogP contribution >= 0.6 is 0 Å². The van der Waals surface area contributed by atoms with E-state index in [9.17, 15) is 4.79 Å². The summed E-state index contributed by atoms with van der Waals surface area (Å²) < 4.78 is 0. The number of amides is 1. The molecule has 0 bridgehead atoms. The van der Waals surface area contributed by atoms with Crippen LogP contribution in [0.2, 0.25) is 0 Å². The minimum absolute atomic E-state index is 0.0575. The number of carbonyl (C=O) groups is 1. The lowest BCUT2D eigenvalue weighted by Crippen LogP contribution is -2.23. The van der Waals surface area contributed by atoms with Crippen molar-refractivity contribution in [1.82, 2.24) is 5.32 Å². The van der Waals surface area contributed by atoms with Gasteiger partial charge in [-0.3, -0.25) is 4.79 Å². The van der Waals surface area contributed by atoms with Crippen molar-refractivity contribution in [2.75, 3.05) is 11.9 Å². The molecular formula is C13H16N2O. The van der Waals surface area contributed by atoms with Crippen LogP contribution in [0.5, 0.6) is 0 Å². The lowest BCUT2D eigenvalue weighted by atomic mass is 10.2. The van der Waals surface area contributed by atoms with Gasteiger partial charge >= 0.3 is 0 Å². The van der Waals surface area contributed by atoms with E-state index in [1.165, 1.54) is 12.8 Å². The van der Waals surface area contributed by atoms with E-state index in [0.717, 1.165) is 5.69 Å². The van der Waals surface area contributed by atoms with Crippen LogP contribution in [0, 0.1) is 0 Å². The first-order valence-electron chi connectivity index (χ1n) is 5.55. The van der Waals surface area contributed by atoms with Crippen LogP contribution in [0.15, 0.2) is 36.9 Å². The minimum Gasteiger partial charge on any atom is -0.382 e. The molecule has 0 aliphatic heterocycles. The molecule has 0 radical (unpaired) electrons. The van der Waals surface area contributed by atoms with Gasteiger partial charge in [-0.05, 0) is 37.1 Å². The average molecular weight is 216 g/mol. The van der Waals surface area contributed by atoms with Crippen molar-refractivity contribution in [3.63, 3.8) is 0 Å². The Morgan fingerprint density at radius 3 is 2.62 bits per heavy atom. The summed E-state index contributed by atoms with van der Waals surface area (Å²) in [6.07, 6.45) is 4.17. The Kier molecular flexibility index (Phi) is 3.25. The summed E-state index contributed by atoms with van der Waals surface area (Å²) in [6, 6.07) is 8.20. The maximum atomic E-state index is 11.6. The average Bonchev–Trinajstić information content (AvgIpc) is 3.11. The maximum absolute atomic E-state index is 11.6. The molecule has 84 valence electrons. The highest BCUT2D eigenvalue weighted by Gasteiger charge is 2.20. The molecule has 3 nitrogen and oxygen atoms in total. The molecule has 1 fully saturated rings. The number of carbonyl (C=O) groups excluding carboxylic acids is 1. The first-order chi connectivity index (χ1) is 7.79. The Morgan fingerprint density at radius 1 is 1.38 bits per heavy atom. The van der Waals surface area contributed by atoms with Crippen molar-refractivity contribution in [2.45, 2.75) is 18.9 Å². The molecule has 1 saturated carbocycles. The first-order valence-corrected chi connectivity index (χ1v) is 5.55. The van der Waals surface area contributed by atoms with Crippen LogP contribution in [0.25, 0.3) is 0 Å². The second-order valence-corrected chi connectivity index (χ2v) is 3.99. The standard InChI is InChI=1S/C13H16N2O/c1-2-9-14-13(16)10-3-5-11(6-4-10)15-12-7-8-12/h2-6,12,15H,1,7-9H2,(H,14,16). The van der Waals surface area contributed by atoms with E-state index in [0.29, 0.717) is 18.2 Å². The molecule has 2 rings (SSSR count). The first kappa shape index (κ1) is 10.7. The lowest BCUT2D eigenvalue weighted by Gasteiger charge is -2.06. The highest BCUT2D eigenvalue weighted by molar-refractivity contribution is 5.94. The van der Waals surface area contributed by atoms with Gasteiger partial charge in [0.25, 0.3) is 5.91 Å². The van der Waals surface area contributed by atoms with E-state index in [4.69, 9.17) is 0 Å². The normalized spacial score (nSPS) is 14.2. The number of hydrogen-bond acceptors (Lipinski definition) is 2. The van der Waals surface area contributed by atoms with Gasteiger partial charge in [0.05, 0.1) is 0 Å². The summed E-state index contributed by atoms with van der Waals surface area (Å²) in [5.41, 5.74) is 1.77. The third-order valence-corrected chi connectivity index (χ3v) is 2.50. The molecule has 0 heterocycles. The summed E-state index contributed by atoms with van der Waals surface area (Å²) in [7, 11) is 0. The van der Waals surface area contributed by atoms with Gasteiger partial charge in [-0.15, -0.1) is 6.58 Å². The molecule has 0 saturated heterocycles. The van der Waals surface area contributed by atoms with Crippen LogP contribution in [0.1, 0.15) is 23.2 Å². The summed E-state index contributed by atoms with van der Waals surface area (Å²) in [5, 5.41) is 6.12. The predicted molar refractivity (Wildman–Crippen MR) is 65.6 cm³/mol. The second-order valence-electron chi connectivity index (χ2n) is 3.99. The van der Waals surface area contributed by atoms with E-state index in [-0.39, 0.29) is 5.91 Å². The molecule has 0 aromatic heterocycles. The van der Waals surface area contributed by atoms with Crippen molar-refractivity contribution in [2.24, 2.45) is 0 Å². The van der Waals surface area contributed by atoms with Gasteiger partial charge in [-0.2, -0.15) is 0 Å². The Morgan fingerprint density at radius 2 is 2.06 bits per heavy atom. The van der Waals surface area contributed by atoms with Gasteiger partial charge in [0.15, 0.2) is 0 Å². The molecule has 3 heteroatoms.